The molecule has 1 aliphatic rings. The minimum atomic E-state index is -3.67. The molecule has 0 radical (unpaired) electrons. The largest absolute Gasteiger partial charge is 0.369 e. The summed E-state index contributed by atoms with van der Waals surface area (Å²) < 4.78 is 40.6. The van der Waals surface area contributed by atoms with Crippen molar-refractivity contribution in [3.8, 4) is 21.7 Å². The summed E-state index contributed by atoms with van der Waals surface area (Å²) in [5, 5.41) is 0. The van der Waals surface area contributed by atoms with E-state index in [0.717, 1.165) is 21.1 Å². The van der Waals surface area contributed by atoms with Gasteiger partial charge in [-0.3, -0.25) is 4.98 Å². The number of nitrogens with two attached hydrogens (primary N) is 1. The summed E-state index contributed by atoms with van der Waals surface area (Å²) in [5.74, 6) is -0.995. The Bertz CT molecular complexity index is 1210. The van der Waals surface area contributed by atoms with Crippen molar-refractivity contribution in [2.45, 2.75) is 12.5 Å². The van der Waals surface area contributed by atoms with Gasteiger partial charge in [-0.1, -0.05) is 30.3 Å². The molecule has 4 rings (SSSR count). The van der Waals surface area contributed by atoms with Crippen LogP contribution in [0.3, 0.4) is 0 Å². The van der Waals surface area contributed by atoms with Gasteiger partial charge in [0.25, 0.3) is 0 Å². The van der Waals surface area contributed by atoms with Crippen molar-refractivity contribution in [1.29, 1.82) is 0 Å². The van der Waals surface area contributed by atoms with Crippen LogP contribution in [0.4, 0.5) is 4.39 Å². The van der Waals surface area contributed by atoms with Gasteiger partial charge in [0.05, 0.1) is 16.3 Å². The Hall–Kier alpha value is -2.78. The number of hydrogen-bond donors (Lipinski definition) is 1. The van der Waals surface area contributed by atoms with Gasteiger partial charge < -0.3 is 5.73 Å². The Labute approximate surface area is 172 Å². The van der Waals surface area contributed by atoms with Crippen LogP contribution in [-0.2, 0) is 15.6 Å². The van der Waals surface area contributed by atoms with Crippen LogP contribution in [-0.4, -0.2) is 36.5 Å². The van der Waals surface area contributed by atoms with Crippen molar-refractivity contribution in [2.75, 3.05) is 12.8 Å². The first-order valence-electron chi connectivity index (χ1n) is 8.83. The van der Waals surface area contributed by atoms with Crippen molar-refractivity contribution in [1.82, 2.24) is 9.29 Å². The van der Waals surface area contributed by atoms with E-state index in [2.05, 4.69) is 9.98 Å². The van der Waals surface area contributed by atoms with Crippen LogP contribution < -0.4 is 5.73 Å². The molecule has 3 aromatic rings. The van der Waals surface area contributed by atoms with Crippen molar-refractivity contribution < 1.29 is 12.8 Å². The Morgan fingerprint density at radius 1 is 1.17 bits per heavy atom. The van der Waals surface area contributed by atoms with Gasteiger partial charge in [0.2, 0.25) is 16.0 Å². The highest BCUT2D eigenvalue weighted by Crippen LogP contribution is 2.41. The molecule has 0 bridgehead atoms. The van der Waals surface area contributed by atoms with E-state index in [0.29, 0.717) is 4.88 Å². The molecule has 0 fully saturated rings. The Balaban J connectivity index is 1.77. The second kappa shape index (κ2) is 6.93. The first-order valence-corrected chi connectivity index (χ1v) is 11.3. The maximum absolute atomic E-state index is 14.9. The number of thiophene rings is 1. The fraction of sp³-hybridized carbons (Fsp3) is 0.200. The molecular weight excluding hydrogens is 411 g/mol. The number of pyridine rings is 1. The number of aromatic nitrogens is 1. The molecule has 2 N–H and O–H groups in total. The van der Waals surface area contributed by atoms with Crippen LogP contribution >= 0.6 is 11.3 Å². The maximum atomic E-state index is 14.9. The molecule has 1 aliphatic heterocycles. The molecule has 3 heterocycles. The van der Waals surface area contributed by atoms with E-state index in [4.69, 9.17) is 5.73 Å². The SMILES string of the molecule is CN1C(N)=N[C@](C)(c2sc(-c3ccnc(-c4ccccc4)c3)cc2F)CS1(=O)=O. The summed E-state index contributed by atoms with van der Waals surface area (Å²) in [5.41, 5.74) is 7.03. The van der Waals surface area contributed by atoms with Gasteiger partial charge in [-0.2, -0.15) is 0 Å². The molecule has 29 heavy (non-hydrogen) atoms. The van der Waals surface area contributed by atoms with E-state index in [9.17, 15) is 12.8 Å². The van der Waals surface area contributed by atoms with Crippen LogP contribution in [0.25, 0.3) is 21.7 Å². The Morgan fingerprint density at radius 2 is 1.90 bits per heavy atom. The zero-order valence-corrected chi connectivity index (χ0v) is 17.5. The molecule has 0 saturated heterocycles. The molecule has 1 aromatic carbocycles. The van der Waals surface area contributed by atoms with E-state index in [1.807, 2.05) is 36.4 Å². The molecular formula is C20H19FN4O2S2. The smallest absolute Gasteiger partial charge is 0.239 e. The van der Waals surface area contributed by atoms with Crippen molar-refractivity contribution >= 4 is 27.3 Å². The molecule has 1 atom stereocenters. The molecule has 6 nitrogen and oxygen atoms in total. The molecule has 0 spiro atoms. The standard InChI is InChI=1S/C20H19FN4O2S2/c1-20(12-29(26,27)25(2)19(22)24-20)18-15(21)11-17(28-18)14-8-9-23-16(10-14)13-6-4-3-5-7-13/h3-11H,12H2,1-2H3,(H2,22,24)/t20-/m0/s1. The van der Waals surface area contributed by atoms with Gasteiger partial charge in [-0.15, -0.1) is 11.3 Å². The molecule has 9 heteroatoms. The van der Waals surface area contributed by atoms with Crippen molar-refractivity contribution in [3.05, 3.63) is 65.4 Å². The molecule has 0 aliphatic carbocycles. The van der Waals surface area contributed by atoms with Gasteiger partial charge in [-0.05, 0) is 30.7 Å². The topological polar surface area (TPSA) is 88.7 Å². The number of benzene rings is 1. The lowest BCUT2D eigenvalue weighted by molar-refractivity contribution is 0.466. The van der Waals surface area contributed by atoms with Gasteiger partial charge >= 0.3 is 0 Å². The number of halogens is 1. The quantitative estimate of drug-likeness (QED) is 0.690. The van der Waals surface area contributed by atoms with E-state index in [1.165, 1.54) is 24.5 Å². The first kappa shape index (κ1) is 19.5. The first-order chi connectivity index (χ1) is 13.7. The summed E-state index contributed by atoms with van der Waals surface area (Å²) in [7, 11) is -2.33. The summed E-state index contributed by atoms with van der Waals surface area (Å²) in [4.78, 5) is 9.60. The minimum Gasteiger partial charge on any atom is -0.369 e. The summed E-state index contributed by atoms with van der Waals surface area (Å²) in [6.07, 6.45) is 1.67. The highest BCUT2D eigenvalue weighted by Gasteiger charge is 2.42. The van der Waals surface area contributed by atoms with E-state index >= 15 is 0 Å². The van der Waals surface area contributed by atoms with Crippen LogP contribution in [0.5, 0.6) is 0 Å². The molecule has 2 aromatic heterocycles. The van der Waals surface area contributed by atoms with Crippen LogP contribution in [0, 0.1) is 5.82 Å². The fourth-order valence-electron chi connectivity index (χ4n) is 3.30. The van der Waals surface area contributed by atoms with Gasteiger partial charge in [0.1, 0.15) is 11.4 Å². The second-order valence-electron chi connectivity index (χ2n) is 7.05. The Kier molecular flexibility index (Phi) is 4.66. The zero-order chi connectivity index (χ0) is 20.8. The highest BCUT2D eigenvalue weighted by molar-refractivity contribution is 7.89. The lowest BCUT2D eigenvalue weighted by Crippen LogP contribution is -2.50. The summed E-state index contributed by atoms with van der Waals surface area (Å²) in [6, 6.07) is 14.8. The molecule has 0 saturated carbocycles. The third-order valence-corrected chi connectivity index (χ3v) is 8.22. The maximum Gasteiger partial charge on any atom is 0.239 e. The predicted molar refractivity (Wildman–Crippen MR) is 113 cm³/mol. The molecule has 150 valence electrons. The number of nitrogens with zero attached hydrogens (tertiary/aromatic N) is 3. The lowest BCUT2D eigenvalue weighted by Gasteiger charge is -2.33. The van der Waals surface area contributed by atoms with Crippen LogP contribution in [0.2, 0.25) is 0 Å². The van der Waals surface area contributed by atoms with Crippen LogP contribution in [0.15, 0.2) is 59.7 Å². The second-order valence-corrected chi connectivity index (χ2v) is 10.1. The summed E-state index contributed by atoms with van der Waals surface area (Å²) in [6.45, 7) is 1.59. The van der Waals surface area contributed by atoms with Gasteiger partial charge in [0.15, 0.2) is 0 Å². The fourth-order valence-corrected chi connectivity index (χ4v) is 5.95. The number of rotatable bonds is 3. The average molecular weight is 431 g/mol. The predicted octanol–water partition coefficient (Wildman–Crippen LogP) is 3.42. The zero-order valence-electron chi connectivity index (χ0n) is 15.8. The number of hydrogen-bond acceptors (Lipinski definition) is 6. The molecule has 0 amide bonds. The van der Waals surface area contributed by atoms with E-state index < -0.39 is 21.4 Å². The van der Waals surface area contributed by atoms with Crippen molar-refractivity contribution in [3.63, 3.8) is 0 Å². The monoisotopic (exact) mass is 430 g/mol. The third-order valence-electron chi connectivity index (χ3n) is 4.85. The van der Waals surface area contributed by atoms with Gasteiger partial charge in [-0.25, -0.2) is 22.1 Å². The average Bonchev–Trinajstić information content (AvgIpc) is 3.09. The number of sulfonamides is 1. The Morgan fingerprint density at radius 3 is 2.59 bits per heavy atom. The van der Waals surface area contributed by atoms with Crippen LogP contribution in [0.1, 0.15) is 11.8 Å². The summed E-state index contributed by atoms with van der Waals surface area (Å²) >= 11 is 1.18. The highest BCUT2D eigenvalue weighted by atomic mass is 32.2. The number of guanidine groups is 1. The van der Waals surface area contributed by atoms with E-state index in [-0.39, 0.29) is 16.6 Å². The number of aliphatic imine (C=N–C) groups is 1. The van der Waals surface area contributed by atoms with Crippen molar-refractivity contribution in [2.24, 2.45) is 10.7 Å². The third kappa shape index (κ3) is 3.51. The van der Waals surface area contributed by atoms with Gasteiger partial charge in [0, 0.05) is 23.7 Å². The normalized spacial score (nSPS) is 21.1. The molecule has 0 unspecified atom stereocenters. The van der Waals surface area contributed by atoms with E-state index in [1.54, 1.807) is 19.2 Å². The lowest BCUT2D eigenvalue weighted by atomic mass is 10.0. The minimum absolute atomic E-state index is 0.150.